The molecule has 3 rings (SSSR count). The molecular formula is C18H28Cl2FN3O2. The fourth-order valence-electron chi connectivity index (χ4n) is 3.66. The maximum atomic E-state index is 14.2. The van der Waals surface area contributed by atoms with Crippen LogP contribution in [-0.2, 0) is 9.53 Å². The first-order valence-corrected chi connectivity index (χ1v) is 8.83. The Kier molecular flexibility index (Phi) is 9.64. The number of halogens is 3. The number of benzene rings is 1. The number of rotatable bonds is 6. The van der Waals surface area contributed by atoms with Crippen LogP contribution in [0.25, 0.3) is 0 Å². The maximum absolute atomic E-state index is 14.2. The van der Waals surface area contributed by atoms with Crippen LogP contribution in [0.5, 0.6) is 0 Å². The lowest BCUT2D eigenvalue weighted by atomic mass is 9.95. The fraction of sp³-hybridized carbons (Fsp3) is 0.611. The van der Waals surface area contributed by atoms with Crippen LogP contribution in [0.1, 0.15) is 32.1 Å². The summed E-state index contributed by atoms with van der Waals surface area (Å²) in [6.07, 6.45) is 5.10. The van der Waals surface area contributed by atoms with E-state index in [4.69, 9.17) is 10.5 Å². The monoisotopic (exact) mass is 407 g/mol. The average molecular weight is 408 g/mol. The van der Waals surface area contributed by atoms with Gasteiger partial charge in [-0.25, -0.2) is 4.39 Å². The largest absolute Gasteiger partial charge is 0.380 e. The van der Waals surface area contributed by atoms with Crippen molar-refractivity contribution in [2.45, 2.75) is 38.2 Å². The normalized spacial score (nSPS) is 24.5. The summed E-state index contributed by atoms with van der Waals surface area (Å²) in [4.78, 5) is 12.4. The summed E-state index contributed by atoms with van der Waals surface area (Å²) >= 11 is 0. The van der Waals surface area contributed by atoms with E-state index in [-0.39, 0.29) is 54.5 Å². The summed E-state index contributed by atoms with van der Waals surface area (Å²) in [5.41, 5.74) is 6.65. The third-order valence-corrected chi connectivity index (χ3v) is 5.08. The summed E-state index contributed by atoms with van der Waals surface area (Å²) in [6.45, 7) is 1.91. The molecule has 0 radical (unpaired) electrons. The molecule has 5 nitrogen and oxygen atoms in total. The molecular weight excluding hydrogens is 380 g/mol. The number of carbonyl (C=O) groups excluding carboxylic acids is 1. The summed E-state index contributed by atoms with van der Waals surface area (Å²) in [5.74, 6) is -0.243. The van der Waals surface area contributed by atoms with Crippen LogP contribution in [0, 0.1) is 17.7 Å². The molecule has 1 unspecified atom stereocenters. The SMILES string of the molecule is Cl.Cl.NC[C@H]1CCC[C@H]1C(=O)Nc1ccc(NCC2CCCO2)c(F)c1. The number of ether oxygens (including phenoxy) is 1. The van der Waals surface area contributed by atoms with E-state index in [0.717, 1.165) is 38.7 Å². The van der Waals surface area contributed by atoms with Crippen LogP contribution in [0.15, 0.2) is 18.2 Å². The van der Waals surface area contributed by atoms with E-state index in [1.54, 1.807) is 12.1 Å². The highest BCUT2D eigenvalue weighted by molar-refractivity contribution is 5.93. The topological polar surface area (TPSA) is 76.4 Å². The smallest absolute Gasteiger partial charge is 0.227 e. The van der Waals surface area contributed by atoms with Crippen LogP contribution in [0.3, 0.4) is 0 Å². The Bertz CT molecular complexity index is 586. The van der Waals surface area contributed by atoms with Crippen LogP contribution in [0.2, 0.25) is 0 Å². The van der Waals surface area contributed by atoms with Gasteiger partial charge in [0.05, 0.1) is 11.8 Å². The van der Waals surface area contributed by atoms with Gasteiger partial charge in [0.1, 0.15) is 5.82 Å². The van der Waals surface area contributed by atoms with Crippen molar-refractivity contribution in [3.8, 4) is 0 Å². The lowest BCUT2D eigenvalue weighted by Gasteiger charge is -2.18. The third-order valence-electron chi connectivity index (χ3n) is 5.08. The Morgan fingerprint density at radius 3 is 2.69 bits per heavy atom. The second kappa shape index (κ2) is 10.9. The van der Waals surface area contributed by atoms with Crippen molar-refractivity contribution < 1.29 is 13.9 Å². The minimum Gasteiger partial charge on any atom is -0.380 e. The van der Waals surface area contributed by atoms with Crippen molar-refractivity contribution in [3.63, 3.8) is 0 Å². The van der Waals surface area contributed by atoms with Gasteiger partial charge in [-0.15, -0.1) is 24.8 Å². The van der Waals surface area contributed by atoms with Gasteiger partial charge < -0.3 is 21.1 Å². The van der Waals surface area contributed by atoms with Crippen molar-refractivity contribution in [3.05, 3.63) is 24.0 Å². The molecule has 1 aliphatic carbocycles. The second-order valence-electron chi connectivity index (χ2n) is 6.73. The first-order valence-electron chi connectivity index (χ1n) is 8.83. The van der Waals surface area contributed by atoms with Crippen molar-refractivity contribution in [2.75, 3.05) is 30.3 Å². The minimum atomic E-state index is -0.368. The van der Waals surface area contributed by atoms with Gasteiger partial charge in [0, 0.05) is 24.8 Å². The van der Waals surface area contributed by atoms with Crippen molar-refractivity contribution in [1.82, 2.24) is 0 Å². The molecule has 8 heteroatoms. The van der Waals surface area contributed by atoms with Gasteiger partial charge in [0.2, 0.25) is 5.91 Å². The van der Waals surface area contributed by atoms with Gasteiger partial charge in [-0.1, -0.05) is 6.42 Å². The van der Waals surface area contributed by atoms with E-state index in [1.807, 2.05) is 0 Å². The molecule has 0 bridgehead atoms. The number of carbonyl (C=O) groups is 1. The molecule has 1 aromatic rings. The lowest BCUT2D eigenvalue weighted by Crippen LogP contribution is -2.29. The van der Waals surface area contributed by atoms with Crippen LogP contribution < -0.4 is 16.4 Å². The highest BCUT2D eigenvalue weighted by Crippen LogP contribution is 2.32. The van der Waals surface area contributed by atoms with Gasteiger partial charge in [0.15, 0.2) is 0 Å². The Balaban J connectivity index is 0.00000169. The van der Waals surface area contributed by atoms with Gasteiger partial charge >= 0.3 is 0 Å². The molecule has 0 spiro atoms. The summed E-state index contributed by atoms with van der Waals surface area (Å²) in [6, 6.07) is 4.75. The Morgan fingerprint density at radius 2 is 2.04 bits per heavy atom. The molecule has 1 aromatic carbocycles. The van der Waals surface area contributed by atoms with Crippen LogP contribution in [0.4, 0.5) is 15.8 Å². The van der Waals surface area contributed by atoms with Crippen molar-refractivity contribution in [1.29, 1.82) is 0 Å². The van der Waals surface area contributed by atoms with E-state index in [9.17, 15) is 9.18 Å². The number of nitrogens with one attached hydrogen (secondary N) is 2. The van der Waals surface area contributed by atoms with E-state index in [0.29, 0.717) is 24.5 Å². The van der Waals surface area contributed by atoms with Gasteiger partial charge in [-0.05, 0) is 56.3 Å². The summed E-state index contributed by atoms with van der Waals surface area (Å²) in [7, 11) is 0. The fourth-order valence-corrected chi connectivity index (χ4v) is 3.66. The molecule has 1 saturated heterocycles. The molecule has 1 saturated carbocycles. The number of anilines is 2. The Morgan fingerprint density at radius 1 is 1.23 bits per heavy atom. The quantitative estimate of drug-likeness (QED) is 0.673. The predicted molar refractivity (Wildman–Crippen MR) is 107 cm³/mol. The van der Waals surface area contributed by atoms with E-state index in [2.05, 4.69) is 10.6 Å². The first-order chi connectivity index (χ1) is 11.7. The lowest BCUT2D eigenvalue weighted by molar-refractivity contribution is -0.120. The molecule has 4 N–H and O–H groups in total. The molecule has 0 aromatic heterocycles. The van der Waals surface area contributed by atoms with Gasteiger partial charge in [0.25, 0.3) is 0 Å². The van der Waals surface area contributed by atoms with Gasteiger partial charge in [-0.3, -0.25) is 4.79 Å². The summed E-state index contributed by atoms with van der Waals surface area (Å²) < 4.78 is 19.7. The number of hydrogen-bond acceptors (Lipinski definition) is 4. The molecule has 1 aliphatic heterocycles. The van der Waals surface area contributed by atoms with E-state index >= 15 is 0 Å². The Labute approximate surface area is 166 Å². The molecule has 148 valence electrons. The summed E-state index contributed by atoms with van der Waals surface area (Å²) in [5, 5.41) is 5.90. The molecule has 1 amide bonds. The molecule has 1 heterocycles. The molecule has 26 heavy (non-hydrogen) atoms. The highest BCUT2D eigenvalue weighted by atomic mass is 35.5. The predicted octanol–water partition coefficient (Wildman–Crippen LogP) is 3.57. The second-order valence-corrected chi connectivity index (χ2v) is 6.73. The number of amides is 1. The number of hydrogen-bond donors (Lipinski definition) is 3. The molecule has 2 aliphatic rings. The minimum absolute atomic E-state index is 0. The van der Waals surface area contributed by atoms with Crippen molar-refractivity contribution >= 4 is 42.1 Å². The maximum Gasteiger partial charge on any atom is 0.227 e. The third kappa shape index (κ3) is 5.71. The molecule has 2 fully saturated rings. The van der Waals surface area contributed by atoms with E-state index < -0.39 is 0 Å². The zero-order valence-corrected chi connectivity index (χ0v) is 16.3. The van der Waals surface area contributed by atoms with Crippen molar-refractivity contribution in [2.24, 2.45) is 17.6 Å². The number of nitrogens with two attached hydrogens (primary N) is 1. The molecule has 3 atom stereocenters. The standard InChI is InChI=1S/C18H26FN3O2.2ClH/c19-16-9-13(22-18(23)15-5-1-3-12(15)10-20)6-7-17(16)21-11-14-4-2-8-24-14;;/h6-7,9,12,14-15,21H,1-5,8,10-11,20H2,(H,22,23);2*1H/t12-,14?,15-;;/m1../s1. The Hall–Kier alpha value is -1.08. The average Bonchev–Trinajstić information content (AvgIpc) is 3.25. The zero-order chi connectivity index (χ0) is 16.9. The van der Waals surface area contributed by atoms with Crippen LogP contribution in [-0.4, -0.2) is 31.7 Å². The van der Waals surface area contributed by atoms with Crippen LogP contribution >= 0.6 is 24.8 Å². The highest BCUT2D eigenvalue weighted by Gasteiger charge is 2.31. The first kappa shape index (κ1) is 23.0. The van der Waals surface area contributed by atoms with Gasteiger partial charge in [-0.2, -0.15) is 0 Å². The zero-order valence-electron chi connectivity index (χ0n) is 14.7. The van der Waals surface area contributed by atoms with E-state index in [1.165, 1.54) is 6.07 Å².